The molecule has 0 aliphatic heterocycles. The second-order valence-electron chi connectivity index (χ2n) is 3.43. The summed E-state index contributed by atoms with van der Waals surface area (Å²) < 4.78 is 2.12. The molecule has 1 nitrogen and oxygen atoms in total. The summed E-state index contributed by atoms with van der Waals surface area (Å²) >= 11 is 0. The Balaban J connectivity index is 2.04. The Morgan fingerprint density at radius 2 is 1.50 bits per heavy atom. The molecule has 0 spiro atoms. The summed E-state index contributed by atoms with van der Waals surface area (Å²) in [6.07, 6.45) is 8.53. The molecule has 0 saturated heterocycles. The van der Waals surface area contributed by atoms with E-state index in [1.54, 1.807) is 0 Å². The molecule has 1 aliphatic carbocycles. The van der Waals surface area contributed by atoms with Gasteiger partial charge in [0.2, 0.25) is 0 Å². The van der Waals surface area contributed by atoms with Crippen LogP contribution in [0.4, 0.5) is 0 Å². The van der Waals surface area contributed by atoms with Crippen molar-refractivity contribution in [2.45, 2.75) is 0 Å². The van der Waals surface area contributed by atoms with E-state index in [1.165, 1.54) is 16.8 Å². The molecule has 1 heterocycles. The van der Waals surface area contributed by atoms with E-state index < -0.39 is 0 Å². The number of rotatable bonds is 1. The van der Waals surface area contributed by atoms with E-state index in [4.69, 9.17) is 0 Å². The third kappa shape index (κ3) is 1.10. The van der Waals surface area contributed by atoms with Crippen molar-refractivity contribution in [2.24, 2.45) is 0 Å². The van der Waals surface area contributed by atoms with Crippen molar-refractivity contribution < 1.29 is 0 Å². The summed E-state index contributed by atoms with van der Waals surface area (Å²) in [5.41, 5.74) is 3.84. The van der Waals surface area contributed by atoms with E-state index >= 15 is 0 Å². The van der Waals surface area contributed by atoms with Crippen LogP contribution in [0.5, 0.6) is 0 Å². The Morgan fingerprint density at radius 1 is 0.786 bits per heavy atom. The highest BCUT2D eigenvalue weighted by molar-refractivity contribution is 5.86. The fraction of sp³-hybridized carbons (Fsp3) is 0. The molecule has 0 fully saturated rings. The van der Waals surface area contributed by atoms with Crippen LogP contribution in [0.1, 0.15) is 11.1 Å². The second-order valence-corrected chi connectivity index (χ2v) is 3.43. The maximum Gasteiger partial charge on any atom is 0.0376 e. The van der Waals surface area contributed by atoms with Gasteiger partial charge in [0.1, 0.15) is 0 Å². The van der Waals surface area contributed by atoms with Crippen molar-refractivity contribution >= 4 is 11.8 Å². The average Bonchev–Trinajstić information content (AvgIpc) is 2.86. The lowest BCUT2D eigenvalue weighted by Gasteiger charge is -2.01. The minimum absolute atomic E-state index is 1.23. The molecular weight excluding hydrogens is 170 g/mol. The molecular formula is C13H10N. The fourth-order valence-electron chi connectivity index (χ4n) is 1.79. The van der Waals surface area contributed by atoms with Gasteiger partial charge in [-0.05, 0) is 29.3 Å². The van der Waals surface area contributed by atoms with Crippen LogP contribution in [0.25, 0.3) is 11.8 Å². The number of nitrogens with zero attached hydrogens (tertiary/aromatic N) is 1. The molecule has 0 atom stereocenters. The maximum atomic E-state index is 2.20. The first-order valence-electron chi connectivity index (χ1n) is 4.72. The molecule has 0 bridgehead atoms. The van der Waals surface area contributed by atoms with Gasteiger partial charge in [0, 0.05) is 24.5 Å². The van der Waals surface area contributed by atoms with Gasteiger partial charge in [-0.25, -0.2) is 0 Å². The van der Waals surface area contributed by atoms with Crippen LogP contribution in [0.2, 0.25) is 0 Å². The summed E-state index contributed by atoms with van der Waals surface area (Å²) in [5.74, 6) is 0. The smallest absolute Gasteiger partial charge is 0.0376 e. The quantitative estimate of drug-likeness (QED) is 0.635. The van der Waals surface area contributed by atoms with Gasteiger partial charge in [0.15, 0.2) is 0 Å². The molecule has 1 heteroatoms. The first-order valence-corrected chi connectivity index (χ1v) is 4.72. The number of hydrogen-bond acceptors (Lipinski definition) is 0. The third-order valence-electron chi connectivity index (χ3n) is 2.51. The summed E-state index contributed by atoms with van der Waals surface area (Å²) in [4.78, 5) is 0. The van der Waals surface area contributed by atoms with Crippen LogP contribution in [0.3, 0.4) is 0 Å². The summed E-state index contributed by atoms with van der Waals surface area (Å²) in [5, 5.41) is 0. The zero-order valence-corrected chi connectivity index (χ0v) is 7.72. The highest BCUT2D eigenvalue weighted by Crippen LogP contribution is 2.29. The number of hydrogen-bond donors (Lipinski definition) is 0. The molecule has 0 amide bonds. The first kappa shape index (κ1) is 7.63. The number of benzene rings is 1. The molecule has 1 radical (unpaired) electrons. The molecule has 0 unspecified atom stereocenters. The molecule has 67 valence electrons. The first-order chi connectivity index (χ1) is 6.93. The van der Waals surface area contributed by atoms with Crippen molar-refractivity contribution in [3.63, 3.8) is 0 Å². The van der Waals surface area contributed by atoms with Crippen LogP contribution in [0.15, 0.2) is 48.8 Å². The van der Waals surface area contributed by atoms with Crippen LogP contribution in [-0.4, -0.2) is 4.57 Å². The largest absolute Gasteiger partial charge is 0.327 e. The number of allylic oxidation sites excluding steroid dienone is 1. The Labute approximate surface area is 83.3 Å². The molecule has 0 N–H and O–H groups in total. The summed E-state index contributed by atoms with van der Waals surface area (Å²) in [6.45, 7) is 0. The minimum atomic E-state index is 1.23. The van der Waals surface area contributed by atoms with E-state index in [0.717, 1.165) is 0 Å². The lowest BCUT2D eigenvalue weighted by molar-refractivity contribution is 1.12. The zero-order valence-electron chi connectivity index (χ0n) is 7.72. The molecule has 3 rings (SSSR count). The Bertz CT molecular complexity index is 478. The van der Waals surface area contributed by atoms with E-state index in [-0.39, 0.29) is 0 Å². The van der Waals surface area contributed by atoms with Gasteiger partial charge in [0.25, 0.3) is 0 Å². The van der Waals surface area contributed by atoms with Gasteiger partial charge < -0.3 is 4.57 Å². The topological polar surface area (TPSA) is 4.93 Å². The standard InChI is InChI=1S/C13H10N/c1-2-6-12-10-13(9-11(12)5-1)14-7-3-4-8-14/h1-10H. The van der Waals surface area contributed by atoms with Crippen LogP contribution < -0.4 is 0 Å². The average molecular weight is 180 g/mol. The van der Waals surface area contributed by atoms with Crippen molar-refractivity contribution in [2.75, 3.05) is 0 Å². The van der Waals surface area contributed by atoms with E-state index in [1.807, 2.05) is 12.1 Å². The van der Waals surface area contributed by atoms with Gasteiger partial charge in [-0.3, -0.25) is 0 Å². The molecule has 1 aromatic heterocycles. The minimum Gasteiger partial charge on any atom is -0.327 e. The van der Waals surface area contributed by atoms with Crippen LogP contribution in [-0.2, 0) is 0 Å². The number of aromatic nitrogens is 1. The molecule has 0 saturated carbocycles. The van der Waals surface area contributed by atoms with E-state index in [2.05, 4.69) is 53.7 Å². The Hall–Kier alpha value is -1.76. The van der Waals surface area contributed by atoms with Crippen molar-refractivity contribution in [1.29, 1.82) is 0 Å². The van der Waals surface area contributed by atoms with Crippen LogP contribution >= 0.6 is 0 Å². The second kappa shape index (κ2) is 2.88. The highest BCUT2D eigenvalue weighted by atomic mass is 15.0. The summed E-state index contributed by atoms with van der Waals surface area (Å²) in [6, 6.07) is 12.5. The van der Waals surface area contributed by atoms with Crippen molar-refractivity contribution in [3.8, 4) is 0 Å². The lowest BCUT2D eigenvalue weighted by Crippen LogP contribution is -1.90. The predicted molar refractivity (Wildman–Crippen MR) is 58.4 cm³/mol. The maximum absolute atomic E-state index is 2.20. The van der Waals surface area contributed by atoms with E-state index in [9.17, 15) is 0 Å². The normalized spacial score (nSPS) is 13.9. The number of fused-ring (bicyclic) bond motifs is 1. The van der Waals surface area contributed by atoms with E-state index in [0.29, 0.717) is 0 Å². The van der Waals surface area contributed by atoms with Crippen molar-refractivity contribution in [3.05, 3.63) is 66.3 Å². The highest BCUT2D eigenvalue weighted by Gasteiger charge is 2.12. The molecule has 1 aliphatic rings. The molecule has 2 aromatic rings. The lowest BCUT2D eigenvalue weighted by atomic mass is 10.1. The fourth-order valence-corrected chi connectivity index (χ4v) is 1.79. The van der Waals surface area contributed by atoms with Gasteiger partial charge in [-0.15, -0.1) is 0 Å². The van der Waals surface area contributed by atoms with Crippen molar-refractivity contribution in [1.82, 2.24) is 4.57 Å². The summed E-state index contributed by atoms with van der Waals surface area (Å²) in [7, 11) is 0. The Morgan fingerprint density at radius 3 is 2.21 bits per heavy atom. The monoisotopic (exact) mass is 180 g/mol. The SMILES string of the molecule is [CH]1C(n2cccc2)=Cc2ccccc21. The molecule has 14 heavy (non-hydrogen) atoms. The Kier molecular flexibility index (Phi) is 1.57. The van der Waals surface area contributed by atoms with Gasteiger partial charge in [-0.2, -0.15) is 0 Å². The van der Waals surface area contributed by atoms with Gasteiger partial charge in [0.05, 0.1) is 0 Å². The zero-order chi connectivity index (χ0) is 9.38. The van der Waals surface area contributed by atoms with Gasteiger partial charge in [-0.1, -0.05) is 24.3 Å². The van der Waals surface area contributed by atoms with Gasteiger partial charge >= 0.3 is 0 Å². The van der Waals surface area contributed by atoms with Crippen LogP contribution in [0, 0.1) is 6.42 Å². The molecule has 1 aromatic carbocycles. The predicted octanol–water partition coefficient (Wildman–Crippen LogP) is 3.05. The third-order valence-corrected chi connectivity index (χ3v) is 2.51.